The van der Waals surface area contributed by atoms with Gasteiger partial charge in [0.25, 0.3) is 0 Å². The first kappa shape index (κ1) is 39.3. The molecule has 0 aliphatic carbocycles. The van der Waals surface area contributed by atoms with Gasteiger partial charge in [-0.3, -0.25) is 0 Å². The van der Waals surface area contributed by atoms with Crippen molar-refractivity contribution >= 4 is 86.8 Å². The number of aromatic nitrogens is 2. The molecule has 0 amide bonds. The van der Waals surface area contributed by atoms with Gasteiger partial charge in [0.1, 0.15) is 11.7 Å². The second kappa shape index (κ2) is 15.9. The number of amidine groups is 2. The van der Waals surface area contributed by atoms with Gasteiger partial charge in [-0.05, 0) is 107 Å². The summed E-state index contributed by atoms with van der Waals surface area (Å²) in [4.78, 5) is 10.6. The van der Waals surface area contributed by atoms with Crippen molar-refractivity contribution in [3.8, 4) is 33.6 Å². The van der Waals surface area contributed by atoms with Crippen LogP contribution in [0, 0.1) is 0 Å². The third kappa shape index (κ3) is 6.52. The van der Waals surface area contributed by atoms with Crippen molar-refractivity contribution in [3.63, 3.8) is 0 Å². The lowest BCUT2D eigenvalue weighted by atomic mass is 9.97. The van der Waals surface area contributed by atoms with E-state index in [1.165, 1.54) is 86.0 Å². The number of aliphatic imine (C=N–C) groups is 2. The third-order valence-corrected chi connectivity index (χ3v) is 14.9. The predicted octanol–water partition coefficient (Wildman–Crippen LogP) is 16.1. The van der Waals surface area contributed by atoms with Gasteiger partial charge in [0.2, 0.25) is 0 Å². The SMILES string of the molecule is c1ccc(C2=NC(c3cccc4sc5ccc(-c6ccc7c(c6)c6cc(-c8ccc9c(c8)c8ccccc8n9-c8ccccc8)ccc6n7-c6ccccc6)cc5c34)N=C(c3ccccc3)N2)cc1. The highest BCUT2D eigenvalue weighted by atomic mass is 32.1. The second-order valence-corrected chi connectivity index (χ2v) is 18.9. The lowest BCUT2D eigenvalue weighted by Gasteiger charge is -2.23. The maximum atomic E-state index is 5.30. The van der Waals surface area contributed by atoms with Crippen LogP contribution in [0.1, 0.15) is 22.9 Å². The minimum atomic E-state index is -0.431. The van der Waals surface area contributed by atoms with Gasteiger partial charge in [-0.25, -0.2) is 9.98 Å². The third-order valence-electron chi connectivity index (χ3n) is 13.8. The summed E-state index contributed by atoms with van der Waals surface area (Å²) in [7, 11) is 0. The standard InChI is InChI=1S/C63H41N5S/c1-5-16-40(17-6-1)61-64-62(41-18-7-2-8-19-41)66-63(65-61)49-25-15-27-59-60(49)53-39-45(31-35-58(53)69-59)44-30-34-57-52(38-44)51-37-43(29-33-56(51)68(57)47-22-11-4-12-23-47)42-28-32-55-50(36-42)48-24-13-14-26-54(48)67(55)46-20-9-3-10-21-46/h1-39,63H,(H,64,65,66). The van der Waals surface area contributed by atoms with Crippen LogP contribution >= 0.6 is 11.3 Å². The molecule has 0 bridgehead atoms. The van der Waals surface area contributed by atoms with Crippen LogP contribution in [0.3, 0.4) is 0 Å². The molecule has 13 aromatic rings. The molecule has 0 saturated carbocycles. The Labute approximate surface area is 402 Å². The molecule has 0 unspecified atom stereocenters. The largest absolute Gasteiger partial charge is 0.324 e. The lowest BCUT2D eigenvalue weighted by molar-refractivity contribution is 0.763. The molecule has 0 atom stereocenters. The van der Waals surface area contributed by atoms with Crippen molar-refractivity contribution in [2.24, 2.45) is 9.98 Å². The molecule has 4 heterocycles. The normalized spacial score (nSPS) is 13.2. The molecule has 14 rings (SSSR count). The lowest BCUT2D eigenvalue weighted by Crippen LogP contribution is -2.36. The van der Waals surface area contributed by atoms with Crippen LogP contribution in [0.2, 0.25) is 0 Å². The number of nitrogens with one attached hydrogen (secondary N) is 1. The predicted molar refractivity (Wildman–Crippen MR) is 291 cm³/mol. The van der Waals surface area contributed by atoms with E-state index < -0.39 is 6.17 Å². The van der Waals surface area contributed by atoms with E-state index in [0.29, 0.717) is 0 Å². The molecule has 0 spiro atoms. The van der Waals surface area contributed by atoms with Crippen molar-refractivity contribution in [2.75, 3.05) is 0 Å². The highest BCUT2D eigenvalue weighted by Crippen LogP contribution is 2.43. The van der Waals surface area contributed by atoms with E-state index in [1.807, 2.05) is 23.5 Å². The molecule has 0 fully saturated rings. The van der Waals surface area contributed by atoms with Crippen molar-refractivity contribution in [1.29, 1.82) is 0 Å². The number of benzene rings is 10. The van der Waals surface area contributed by atoms with E-state index in [-0.39, 0.29) is 0 Å². The smallest absolute Gasteiger partial charge is 0.170 e. The number of thiophene rings is 1. The van der Waals surface area contributed by atoms with Crippen molar-refractivity contribution in [2.45, 2.75) is 6.17 Å². The molecule has 1 N–H and O–H groups in total. The Bertz CT molecular complexity index is 4150. The van der Waals surface area contributed by atoms with Crippen LogP contribution in [-0.4, -0.2) is 20.8 Å². The molecule has 324 valence electrons. The summed E-state index contributed by atoms with van der Waals surface area (Å²) in [6.45, 7) is 0. The summed E-state index contributed by atoms with van der Waals surface area (Å²) in [6, 6.07) is 85.3. The van der Waals surface area contributed by atoms with Crippen LogP contribution in [-0.2, 0) is 0 Å². The maximum absolute atomic E-state index is 5.30. The molecule has 0 radical (unpaired) electrons. The fourth-order valence-corrected chi connectivity index (χ4v) is 11.7. The summed E-state index contributed by atoms with van der Waals surface area (Å²) >= 11 is 1.83. The summed E-state index contributed by atoms with van der Waals surface area (Å²) < 4.78 is 7.25. The molecule has 5 nitrogen and oxygen atoms in total. The number of rotatable bonds is 7. The van der Waals surface area contributed by atoms with Gasteiger partial charge in [0.05, 0.1) is 22.1 Å². The molecule has 1 aliphatic heterocycles. The maximum Gasteiger partial charge on any atom is 0.170 e. The molecule has 3 aromatic heterocycles. The Morgan fingerprint density at radius 3 is 1.30 bits per heavy atom. The zero-order valence-electron chi connectivity index (χ0n) is 37.3. The Balaban J connectivity index is 0.921. The van der Waals surface area contributed by atoms with Crippen LogP contribution in [0.25, 0.3) is 97.4 Å². The molecule has 10 aromatic carbocycles. The first-order chi connectivity index (χ1) is 34.2. The van der Waals surface area contributed by atoms with E-state index in [1.54, 1.807) is 0 Å². The average Bonchev–Trinajstić information content (AvgIpc) is 4.08. The Kier molecular flexibility index (Phi) is 9.07. The van der Waals surface area contributed by atoms with E-state index >= 15 is 0 Å². The average molecular weight is 900 g/mol. The molecule has 1 aliphatic rings. The summed E-state index contributed by atoms with van der Waals surface area (Å²) in [5.41, 5.74) is 14.9. The minimum Gasteiger partial charge on any atom is -0.324 e. The van der Waals surface area contributed by atoms with Crippen LogP contribution in [0.15, 0.2) is 247 Å². The Hall–Kier alpha value is -8.84. The van der Waals surface area contributed by atoms with Crippen LogP contribution in [0.5, 0.6) is 0 Å². The topological polar surface area (TPSA) is 46.6 Å². The molecule has 0 saturated heterocycles. The highest BCUT2D eigenvalue weighted by Gasteiger charge is 2.24. The molecule has 69 heavy (non-hydrogen) atoms. The first-order valence-electron chi connectivity index (χ1n) is 23.4. The van der Waals surface area contributed by atoms with E-state index in [0.717, 1.165) is 39.7 Å². The van der Waals surface area contributed by atoms with Gasteiger partial charge >= 0.3 is 0 Å². The van der Waals surface area contributed by atoms with Crippen LogP contribution < -0.4 is 5.32 Å². The number of hydrogen-bond acceptors (Lipinski definition) is 4. The van der Waals surface area contributed by atoms with Crippen molar-refractivity contribution in [1.82, 2.24) is 14.5 Å². The van der Waals surface area contributed by atoms with Gasteiger partial charge in [-0.1, -0.05) is 152 Å². The van der Waals surface area contributed by atoms with Crippen LogP contribution in [0.4, 0.5) is 0 Å². The Morgan fingerprint density at radius 2 is 0.768 bits per heavy atom. The first-order valence-corrected chi connectivity index (χ1v) is 24.2. The van der Waals surface area contributed by atoms with E-state index in [4.69, 9.17) is 9.98 Å². The zero-order valence-corrected chi connectivity index (χ0v) is 38.1. The van der Waals surface area contributed by atoms with Crippen molar-refractivity contribution in [3.05, 3.63) is 253 Å². The summed E-state index contributed by atoms with van der Waals surface area (Å²) in [5, 5.41) is 10.9. The summed E-state index contributed by atoms with van der Waals surface area (Å²) in [6.07, 6.45) is -0.431. The van der Waals surface area contributed by atoms with Gasteiger partial charge in [0, 0.05) is 69.8 Å². The number of para-hydroxylation sites is 3. The van der Waals surface area contributed by atoms with E-state index in [9.17, 15) is 0 Å². The van der Waals surface area contributed by atoms with Gasteiger partial charge in [-0.2, -0.15) is 0 Å². The number of fused-ring (bicyclic) bond motifs is 9. The van der Waals surface area contributed by atoms with E-state index in [2.05, 4.69) is 239 Å². The highest BCUT2D eigenvalue weighted by molar-refractivity contribution is 7.25. The minimum absolute atomic E-state index is 0.431. The molecular weight excluding hydrogens is 859 g/mol. The monoisotopic (exact) mass is 899 g/mol. The fourth-order valence-electron chi connectivity index (χ4n) is 10.6. The molecule has 6 heteroatoms. The van der Waals surface area contributed by atoms with Gasteiger partial charge in [-0.15, -0.1) is 11.3 Å². The number of hydrogen-bond donors (Lipinski definition) is 1. The van der Waals surface area contributed by atoms with Crippen molar-refractivity contribution < 1.29 is 0 Å². The second-order valence-electron chi connectivity index (χ2n) is 17.8. The fraction of sp³-hybridized carbons (Fsp3) is 0.0159. The van der Waals surface area contributed by atoms with Gasteiger partial charge in [0.15, 0.2) is 6.17 Å². The number of nitrogens with zero attached hydrogens (tertiary/aromatic N) is 4. The quantitative estimate of drug-likeness (QED) is 0.170. The Morgan fingerprint density at radius 1 is 0.333 bits per heavy atom. The summed E-state index contributed by atoms with van der Waals surface area (Å²) in [5.74, 6) is 1.63. The molecular formula is C63H41N5S. The van der Waals surface area contributed by atoms with Gasteiger partial charge < -0.3 is 14.5 Å². The zero-order chi connectivity index (χ0) is 45.4.